The molecule has 0 spiro atoms. The molecule has 1 aliphatic carbocycles. The fraction of sp³-hybridized carbons (Fsp3) is 0.650. The summed E-state index contributed by atoms with van der Waals surface area (Å²) in [6.45, 7) is 1.96. The molecule has 2 aliphatic heterocycles. The van der Waals surface area contributed by atoms with E-state index in [2.05, 4.69) is 20.3 Å². The standard InChI is InChI=1S/C20H25F3N6O2/c1-27-5-6-31-13(9-27)7-25-17(30)18-10-19(18,20(21,22)23)12-29(11-18)15-3-4-24-16-14(15)8-26-28(16)2/h3-4,8,13H,5-7,9-12H2,1-2H3,(H,25,30)/t13-,18?,19?/m0/s1. The van der Waals surface area contributed by atoms with Gasteiger partial charge >= 0.3 is 6.18 Å². The Morgan fingerprint density at radius 3 is 2.90 bits per heavy atom. The number of anilines is 1. The van der Waals surface area contributed by atoms with Gasteiger partial charge < -0.3 is 19.9 Å². The normalized spacial score (nSPS) is 31.1. The Hall–Kier alpha value is -2.40. The summed E-state index contributed by atoms with van der Waals surface area (Å²) in [7, 11) is 3.69. The van der Waals surface area contributed by atoms with E-state index >= 15 is 0 Å². The number of ether oxygens (including phenoxy) is 1. The van der Waals surface area contributed by atoms with Gasteiger partial charge in [-0.2, -0.15) is 18.3 Å². The van der Waals surface area contributed by atoms with Crippen LogP contribution in [0.3, 0.4) is 0 Å². The van der Waals surface area contributed by atoms with Crippen LogP contribution in [0.2, 0.25) is 0 Å². The van der Waals surface area contributed by atoms with Gasteiger partial charge in [0.15, 0.2) is 5.65 Å². The Balaban J connectivity index is 1.39. The van der Waals surface area contributed by atoms with Crippen molar-refractivity contribution in [2.24, 2.45) is 17.9 Å². The molecule has 8 nitrogen and oxygen atoms in total. The van der Waals surface area contributed by atoms with Crippen molar-refractivity contribution in [3.8, 4) is 0 Å². The van der Waals surface area contributed by atoms with Crippen LogP contribution in [0.15, 0.2) is 18.5 Å². The van der Waals surface area contributed by atoms with Gasteiger partial charge in [0.25, 0.3) is 0 Å². The number of nitrogens with zero attached hydrogens (tertiary/aromatic N) is 5. The first-order valence-corrected chi connectivity index (χ1v) is 10.3. The highest BCUT2D eigenvalue weighted by atomic mass is 19.4. The quantitative estimate of drug-likeness (QED) is 0.773. The first kappa shape index (κ1) is 20.5. The highest BCUT2D eigenvalue weighted by Gasteiger charge is 2.86. The van der Waals surface area contributed by atoms with Crippen molar-refractivity contribution in [2.75, 3.05) is 51.3 Å². The predicted octanol–water partition coefficient (Wildman–Crippen LogP) is 1.17. The van der Waals surface area contributed by atoms with Crippen LogP contribution >= 0.6 is 0 Å². The topological polar surface area (TPSA) is 75.5 Å². The van der Waals surface area contributed by atoms with E-state index < -0.39 is 22.9 Å². The Morgan fingerprint density at radius 1 is 1.35 bits per heavy atom. The van der Waals surface area contributed by atoms with E-state index in [0.717, 1.165) is 6.54 Å². The van der Waals surface area contributed by atoms with Gasteiger partial charge in [0, 0.05) is 46.0 Å². The number of pyridine rings is 1. The molecule has 11 heteroatoms. The molecule has 3 aliphatic rings. The highest BCUT2D eigenvalue weighted by molar-refractivity contribution is 5.93. The molecule has 1 saturated carbocycles. The summed E-state index contributed by atoms with van der Waals surface area (Å²) in [4.78, 5) is 21.1. The number of alkyl halides is 3. The van der Waals surface area contributed by atoms with E-state index in [1.54, 1.807) is 35.1 Å². The average Bonchev–Trinajstić information content (AvgIpc) is 3.05. The van der Waals surface area contributed by atoms with Crippen molar-refractivity contribution < 1.29 is 22.7 Å². The molecule has 2 aromatic rings. The summed E-state index contributed by atoms with van der Waals surface area (Å²) in [5, 5.41) is 7.61. The largest absolute Gasteiger partial charge is 0.397 e. The molecular weight excluding hydrogens is 413 g/mol. The number of halogens is 3. The molecule has 3 fully saturated rings. The smallest absolute Gasteiger partial charge is 0.374 e. The number of carbonyl (C=O) groups is 1. The minimum absolute atomic E-state index is 0.0117. The maximum atomic E-state index is 14.2. The van der Waals surface area contributed by atoms with E-state index in [0.29, 0.717) is 29.9 Å². The number of amides is 1. The van der Waals surface area contributed by atoms with Crippen LogP contribution in [0.25, 0.3) is 11.0 Å². The zero-order valence-electron chi connectivity index (χ0n) is 17.4. The van der Waals surface area contributed by atoms with Gasteiger partial charge in [-0.1, -0.05) is 0 Å². The fourth-order valence-electron chi connectivity index (χ4n) is 5.27. The van der Waals surface area contributed by atoms with Crippen LogP contribution in [0.5, 0.6) is 0 Å². The van der Waals surface area contributed by atoms with Gasteiger partial charge in [0.05, 0.1) is 35.4 Å². The average molecular weight is 438 g/mol. The summed E-state index contributed by atoms with van der Waals surface area (Å²) >= 11 is 0. The second-order valence-corrected chi connectivity index (χ2v) is 9.00. The van der Waals surface area contributed by atoms with Gasteiger partial charge in [-0.25, -0.2) is 4.98 Å². The van der Waals surface area contributed by atoms with Gasteiger partial charge in [-0.3, -0.25) is 9.48 Å². The summed E-state index contributed by atoms with van der Waals surface area (Å²) in [6, 6.07) is 1.69. The Bertz CT molecular complexity index is 1030. The Kier molecular flexibility index (Phi) is 4.50. The third-order valence-electron chi connectivity index (χ3n) is 7.08. The van der Waals surface area contributed by atoms with Gasteiger partial charge in [0.1, 0.15) is 5.41 Å². The number of piperidine rings is 1. The lowest BCUT2D eigenvalue weighted by atomic mass is 9.94. The zero-order chi connectivity index (χ0) is 22.0. The number of morpholine rings is 1. The van der Waals surface area contributed by atoms with Crippen molar-refractivity contribution in [2.45, 2.75) is 18.7 Å². The predicted molar refractivity (Wildman–Crippen MR) is 107 cm³/mol. The van der Waals surface area contributed by atoms with E-state index in [1.807, 2.05) is 7.05 Å². The Morgan fingerprint density at radius 2 is 2.16 bits per heavy atom. The molecule has 5 rings (SSSR count). The molecule has 0 bridgehead atoms. The molecule has 2 aromatic heterocycles. The number of carbonyl (C=O) groups excluding carboxylic acids is 1. The third kappa shape index (κ3) is 3.00. The fourth-order valence-corrected chi connectivity index (χ4v) is 5.27. The van der Waals surface area contributed by atoms with Crippen LogP contribution in [-0.2, 0) is 16.6 Å². The number of likely N-dealkylation sites (N-methyl/N-ethyl adjacent to an activating group) is 1. The number of aromatic nitrogens is 3. The molecule has 4 heterocycles. The monoisotopic (exact) mass is 438 g/mol. The molecule has 1 amide bonds. The van der Waals surface area contributed by atoms with Gasteiger partial charge in [0.2, 0.25) is 5.91 Å². The van der Waals surface area contributed by atoms with Crippen LogP contribution in [0.1, 0.15) is 6.42 Å². The van der Waals surface area contributed by atoms with Crippen molar-refractivity contribution in [1.82, 2.24) is 25.0 Å². The van der Waals surface area contributed by atoms with Crippen LogP contribution in [0.4, 0.5) is 18.9 Å². The molecular formula is C20H25F3N6O2. The number of hydrogen-bond acceptors (Lipinski definition) is 6. The number of rotatable bonds is 4. The second-order valence-electron chi connectivity index (χ2n) is 9.00. The molecule has 2 unspecified atom stereocenters. The summed E-state index contributed by atoms with van der Waals surface area (Å²) in [5.74, 6) is -0.541. The molecule has 2 saturated heterocycles. The summed E-state index contributed by atoms with van der Waals surface area (Å²) in [5.41, 5.74) is -2.30. The maximum Gasteiger partial charge on any atom is 0.397 e. The maximum absolute atomic E-state index is 14.2. The highest BCUT2D eigenvalue weighted by Crippen LogP contribution is 2.75. The third-order valence-corrected chi connectivity index (χ3v) is 7.08. The van der Waals surface area contributed by atoms with E-state index in [-0.39, 0.29) is 32.2 Å². The van der Waals surface area contributed by atoms with Crippen LogP contribution in [0, 0.1) is 10.8 Å². The number of fused-ring (bicyclic) bond motifs is 2. The van der Waals surface area contributed by atoms with E-state index in [1.165, 1.54) is 0 Å². The van der Waals surface area contributed by atoms with Crippen LogP contribution < -0.4 is 10.2 Å². The summed E-state index contributed by atoms with van der Waals surface area (Å²) < 4.78 is 49.8. The number of nitrogens with one attached hydrogen (secondary N) is 1. The molecule has 1 N–H and O–H groups in total. The molecule has 31 heavy (non-hydrogen) atoms. The van der Waals surface area contributed by atoms with Crippen LogP contribution in [-0.4, -0.2) is 84.2 Å². The van der Waals surface area contributed by atoms with Gasteiger partial charge in [-0.15, -0.1) is 0 Å². The Labute approximate surface area is 177 Å². The lowest BCUT2D eigenvalue weighted by molar-refractivity contribution is -0.191. The molecule has 168 valence electrons. The lowest BCUT2D eigenvalue weighted by Gasteiger charge is -2.30. The molecule has 3 atom stereocenters. The number of hydrogen-bond donors (Lipinski definition) is 1. The first-order chi connectivity index (χ1) is 14.7. The second kappa shape index (κ2) is 6.80. The molecule has 0 aromatic carbocycles. The number of aryl methyl sites for hydroxylation is 1. The minimum Gasteiger partial charge on any atom is -0.374 e. The van der Waals surface area contributed by atoms with Crippen molar-refractivity contribution in [3.05, 3.63) is 18.5 Å². The van der Waals surface area contributed by atoms with Gasteiger partial charge in [-0.05, 0) is 19.5 Å². The van der Waals surface area contributed by atoms with Crippen molar-refractivity contribution in [1.29, 1.82) is 0 Å². The lowest BCUT2D eigenvalue weighted by Crippen LogP contribution is -2.48. The van der Waals surface area contributed by atoms with Crippen molar-refractivity contribution in [3.63, 3.8) is 0 Å². The van der Waals surface area contributed by atoms with E-state index in [4.69, 9.17) is 4.74 Å². The van der Waals surface area contributed by atoms with E-state index in [9.17, 15) is 18.0 Å². The summed E-state index contributed by atoms with van der Waals surface area (Å²) in [6.07, 6.45) is -1.70. The van der Waals surface area contributed by atoms with Crippen molar-refractivity contribution >= 4 is 22.6 Å². The first-order valence-electron chi connectivity index (χ1n) is 10.3. The minimum atomic E-state index is -4.47. The molecule has 0 radical (unpaired) electrons. The zero-order valence-corrected chi connectivity index (χ0v) is 17.4. The SMILES string of the molecule is CN1CCO[C@@H](CNC(=O)C23CN(c4ccnc5c4cnn5C)CC2(C(F)(F)F)C3)C1.